The normalized spacial score (nSPS) is 20.9. The maximum Gasteiger partial charge on any atom is 0.416 e. The molecule has 1 N–H and O–H groups in total. The highest BCUT2D eigenvalue weighted by atomic mass is 19.4. The van der Waals surface area contributed by atoms with E-state index in [1.807, 2.05) is 4.90 Å². The largest absolute Gasteiger partial charge is 0.416 e. The summed E-state index contributed by atoms with van der Waals surface area (Å²) in [4.78, 5) is 16.6. The summed E-state index contributed by atoms with van der Waals surface area (Å²) < 4.78 is 65.0. The fourth-order valence-corrected chi connectivity index (χ4v) is 5.84. The molecule has 0 spiro atoms. The van der Waals surface area contributed by atoms with Crippen LogP contribution in [0, 0.1) is 0 Å². The first-order valence-corrected chi connectivity index (χ1v) is 12.5. The summed E-state index contributed by atoms with van der Waals surface area (Å²) in [7, 11) is 1.64. The number of benzene rings is 2. The lowest BCUT2D eigenvalue weighted by Crippen LogP contribution is -2.59. The number of rotatable bonds is 6. The number of carbonyl (C=O) groups excluding carboxylic acids is 1. The number of amides is 1. The minimum absolute atomic E-state index is 0.00153. The number of fused-ring (bicyclic) bond motifs is 1. The van der Waals surface area contributed by atoms with Crippen molar-refractivity contribution in [1.29, 1.82) is 0 Å². The van der Waals surface area contributed by atoms with Crippen LogP contribution in [0.1, 0.15) is 51.5 Å². The van der Waals surface area contributed by atoms with Gasteiger partial charge in [0.15, 0.2) is 12.0 Å². The third kappa shape index (κ3) is 4.30. The van der Waals surface area contributed by atoms with Crippen LogP contribution in [-0.2, 0) is 36.5 Å². The maximum atomic E-state index is 15.8. The minimum atomic E-state index is -4.65. The standard InChI is InChI=1S/C27H27F4N5O3/c1-25(38)11-35(12-25)9-16-6-19-20(21(7-16)27(29,30)31)10-36(24(19)37)18-5-3-4-17(8-18)26(13-39-14-26)22(28)23-33-32-15-34(23)2/h3-8,15,22,38H,9-14H2,1-2H3/t22-/m0/s1. The first kappa shape index (κ1) is 25.9. The number of nitrogens with zero attached hydrogens (tertiary/aromatic N) is 5. The number of aliphatic hydroxyl groups is 1. The van der Waals surface area contributed by atoms with E-state index < -0.39 is 34.8 Å². The summed E-state index contributed by atoms with van der Waals surface area (Å²) in [5.41, 5.74) is -1.56. The first-order valence-electron chi connectivity index (χ1n) is 12.5. The van der Waals surface area contributed by atoms with Crippen molar-refractivity contribution in [2.75, 3.05) is 31.2 Å². The fraction of sp³-hybridized carbons (Fsp3) is 0.444. The Morgan fingerprint density at radius 2 is 1.92 bits per heavy atom. The lowest BCUT2D eigenvalue weighted by atomic mass is 9.74. The highest BCUT2D eigenvalue weighted by Crippen LogP contribution is 2.47. The summed E-state index contributed by atoms with van der Waals surface area (Å²) in [5, 5.41) is 17.6. The predicted molar refractivity (Wildman–Crippen MR) is 132 cm³/mol. The van der Waals surface area contributed by atoms with Gasteiger partial charge in [0.25, 0.3) is 5.91 Å². The number of hydrogen-bond donors (Lipinski definition) is 1. The number of halogens is 4. The van der Waals surface area contributed by atoms with E-state index in [4.69, 9.17) is 4.74 Å². The zero-order chi connectivity index (χ0) is 27.7. The molecule has 2 saturated heterocycles. The van der Waals surface area contributed by atoms with Gasteiger partial charge in [-0.1, -0.05) is 12.1 Å². The van der Waals surface area contributed by atoms with Gasteiger partial charge >= 0.3 is 6.18 Å². The Labute approximate surface area is 221 Å². The van der Waals surface area contributed by atoms with Crippen LogP contribution in [0.5, 0.6) is 0 Å². The quantitative estimate of drug-likeness (QED) is 0.478. The molecule has 3 aliphatic rings. The summed E-state index contributed by atoms with van der Waals surface area (Å²) in [6, 6.07) is 9.27. The number of likely N-dealkylation sites (tertiary alicyclic amines) is 1. The van der Waals surface area contributed by atoms with Crippen LogP contribution in [0.2, 0.25) is 0 Å². The molecule has 0 radical (unpaired) electrons. The van der Waals surface area contributed by atoms with Crippen molar-refractivity contribution in [2.45, 2.75) is 43.4 Å². The van der Waals surface area contributed by atoms with E-state index in [1.165, 1.54) is 21.9 Å². The molecule has 8 nitrogen and oxygen atoms in total. The van der Waals surface area contributed by atoms with Gasteiger partial charge < -0.3 is 19.3 Å². The minimum Gasteiger partial charge on any atom is -0.388 e. The van der Waals surface area contributed by atoms with Crippen LogP contribution in [0.25, 0.3) is 0 Å². The summed E-state index contributed by atoms with van der Waals surface area (Å²) in [6.45, 7) is 2.46. The molecule has 6 rings (SSSR count). The molecule has 2 aromatic carbocycles. The summed E-state index contributed by atoms with van der Waals surface area (Å²) in [5.74, 6) is -0.409. The molecule has 4 heterocycles. The number of alkyl halides is 4. The van der Waals surface area contributed by atoms with E-state index in [0.29, 0.717) is 29.9 Å². The molecule has 1 atom stereocenters. The fourth-order valence-electron chi connectivity index (χ4n) is 5.84. The number of carbonyl (C=O) groups is 1. The molecule has 3 aliphatic heterocycles. The lowest BCUT2D eigenvalue weighted by molar-refractivity contribution is -0.138. The van der Waals surface area contributed by atoms with Crippen LogP contribution in [0.3, 0.4) is 0 Å². The Balaban J connectivity index is 1.32. The Hall–Kier alpha value is -3.35. The molecule has 1 amide bonds. The van der Waals surface area contributed by atoms with Crippen molar-refractivity contribution in [3.63, 3.8) is 0 Å². The van der Waals surface area contributed by atoms with Gasteiger partial charge in [-0.15, -0.1) is 10.2 Å². The monoisotopic (exact) mass is 545 g/mol. The highest BCUT2D eigenvalue weighted by molar-refractivity contribution is 6.10. The van der Waals surface area contributed by atoms with Crippen LogP contribution < -0.4 is 4.90 Å². The van der Waals surface area contributed by atoms with Gasteiger partial charge in [-0.05, 0) is 47.9 Å². The Kier molecular flexibility index (Phi) is 5.87. The van der Waals surface area contributed by atoms with Crippen molar-refractivity contribution < 1.29 is 32.2 Å². The third-order valence-electron chi connectivity index (χ3n) is 7.85. The van der Waals surface area contributed by atoms with Gasteiger partial charge in [-0.3, -0.25) is 9.69 Å². The summed E-state index contributed by atoms with van der Waals surface area (Å²) >= 11 is 0. The van der Waals surface area contributed by atoms with Crippen LogP contribution in [-0.4, -0.2) is 62.6 Å². The summed E-state index contributed by atoms with van der Waals surface area (Å²) in [6.07, 6.45) is -4.78. The van der Waals surface area contributed by atoms with E-state index >= 15 is 4.39 Å². The maximum absolute atomic E-state index is 15.8. The lowest BCUT2D eigenvalue weighted by Gasteiger charge is -2.44. The molecule has 39 heavy (non-hydrogen) atoms. The van der Waals surface area contributed by atoms with Crippen LogP contribution in [0.4, 0.5) is 23.2 Å². The van der Waals surface area contributed by atoms with Crippen LogP contribution >= 0.6 is 0 Å². The Morgan fingerprint density at radius 1 is 1.18 bits per heavy atom. The zero-order valence-corrected chi connectivity index (χ0v) is 21.4. The molecule has 12 heteroatoms. The van der Waals surface area contributed by atoms with Crippen LogP contribution in [0.15, 0.2) is 42.7 Å². The van der Waals surface area contributed by atoms with E-state index in [-0.39, 0.29) is 43.3 Å². The average molecular weight is 546 g/mol. The van der Waals surface area contributed by atoms with Gasteiger partial charge in [0, 0.05) is 37.9 Å². The molecule has 0 aliphatic carbocycles. The molecular formula is C27H27F4N5O3. The Morgan fingerprint density at radius 3 is 2.51 bits per heavy atom. The van der Waals surface area contributed by atoms with Gasteiger partial charge in [0.2, 0.25) is 0 Å². The molecule has 3 aromatic rings. The van der Waals surface area contributed by atoms with Crippen molar-refractivity contribution in [2.24, 2.45) is 7.05 Å². The molecule has 1 aromatic heterocycles. The smallest absolute Gasteiger partial charge is 0.388 e. The molecule has 0 unspecified atom stereocenters. The van der Waals surface area contributed by atoms with Crippen molar-refractivity contribution >= 4 is 11.6 Å². The van der Waals surface area contributed by atoms with E-state index in [9.17, 15) is 23.1 Å². The Bertz CT molecular complexity index is 1440. The number of aryl methyl sites for hydroxylation is 1. The molecule has 0 saturated carbocycles. The topological polar surface area (TPSA) is 83.7 Å². The predicted octanol–water partition coefficient (Wildman–Crippen LogP) is 3.54. The van der Waals surface area contributed by atoms with E-state index in [2.05, 4.69) is 10.2 Å². The number of aromatic nitrogens is 3. The number of β-amino-alcohol motifs (C(OH)–C–C–N with tert-alkyl or cyclic N) is 1. The van der Waals surface area contributed by atoms with E-state index in [0.717, 1.165) is 6.07 Å². The molecular weight excluding hydrogens is 518 g/mol. The second-order valence-electron chi connectivity index (χ2n) is 11.1. The molecule has 206 valence electrons. The van der Waals surface area contributed by atoms with E-state index in [1.54, 1.807) is 38.2 Å². The first-order chi connectivity index (χ1) is 18.4. The van der Waals surface area contributed by atoms with Gasteiger partial charge in [-0.2, -0.15) is 13.2 Å². The molecule has 2 fully saturated rings. The van der Waals surface area contributed by atoms with Crippen molar-refractivity contribution in [3.05, 3.63) is 76.4 Å². The number of ether oxygens (including phenoxy) is 1. The second-order valence-corrected chi connectivity index (χ2v) is 11.1. The van der Waals surface area contributed by atoms with Gasteiger partial charge in [-0.25, -0.2) is 4.39 Å². The number of hydrogen-bond acceptors (Lipinski definition) is 6. The third-order valence-corrected chi connectivity index (χ3v) is 7.85. The van der Waals surface area contributed by atoms with Gasteiger partial charge in [0.1, 0.15) is 6.33 Å². The zero-order valence-electron chi connectivity index (χ0n) is 21.4. The van der Waals surface area contributed by atoms with Crippen molar-refractivity contribution in [3.8, 4) is 0 Å². The average Bonchev–Trinajstić information content (AvgIpc) is 3.39. The number of anilines is 1. The molecule has 0 bridgehead atoms. The SMILES string of the molecule is Cn1cnnc1[C@H](F)C1(c2cccc(N3Cc4c(cc(CN5CC(C)(O)C5)cc4C(F)(F)F)C3=O)c2)COC1. The second kappa shape index (κ2) is 8.83. The highest BCUT2D eigenvalue weighted by Gasteiger charge is 2.51. The van der Waals surface area contributed by atoms with Crippen molar-refractivity contribution in [1.82, 2.24) is 19.7 Å². The van der Waals surface area contributed by atoms with Gasteiger partial charge in [0.05, 0.1) is 36.3 Å².